The van der Waals surface area contributed by atoms with Gasteiger partial charge < -0.3 is 20.7 Å². The van der Waals surface area contributed by atoms with Gasteiger partial charge >= 0.3 is 0 Å². The minimum atomic E-state index is -0.0555. The van der Waals surface area contributed by atoms with Crippen LogP contribution < -0.4 is 16.0 Å². The van der Waals surface area contributed by atoms with Gasteiger partial charge in [0.25, 0.3) is 0 Å². The lowest BCUT2D eigenvalue weighted by atomic mass is 10.3. The molecule has 0 fully saturated rings. The van der Waals surface area contributed by atoms with Gasteiger partial charge in [-0.2, -0.15) is 0 Å². The predicted molar refractivity (Wildman–Crippen MR) is 70.3 cm³/mol. The predicted octanol–water partition coefficient (Wildman–Crippen LogP) is -0.355. The van der Waals surface area contributed by atoms with Gasteiger partial charge in [-0.25, -0.2) is 0 Å². The van der Waals surface area contributed by atoms with Crippen molar-refractivity contribution in [1.29, 1.82) is 0 Å². The second-order valence-corrected chi connectivity index (χ2v) is 3.97. The summed E-state index contributed by atoms with van der Waals surface area (Å²) in [4.78, 5) is 22.5. The highest BCUT2D eigenvalue weighted by atomic mass is 16.5. The lowest BCUT2D eigenvalue weighted by molar-refractivity contribution is -0.122. The topological polar surface area (TPSA) is 79.5 Å². The van der Waals surface area contributed by atoms with Crippen LogP contribution >= 0.6 is 0 Å². The average molecular weight is 259 g/mol. The molecule has 0 heterocycles. The molecule has 0 saturated carbocycles. The lowest BCUT2D eigenvalue weighted by Gasteiger charge is -2.06. The van der Waals surface area contributed by atoms with E-state index in [1.54, 1.807) is 7.11 Å². The van der Waals surface area contributed by atoms with Gasteiger partial charge in [0.15, 0.2) is 0 Å². The molecule has 0 spiro atoms. The molecule has 106 valence electrons. The summed E-state index contributed by atoms with van der Waals surface area (Å²) < 4.78 is 4.87. The van der Waals surface area contributed by atoms with Crippen LogP contribution in [0.2, 0.25) is 0 Å². The fourth-order valence-electron chi connectivity index (χ4n) is 1.26. The Morgan fingerprint density at radius 3 is 2.44 bits per heavy atom. The lowest BCUT2D eigenvalue weighted by Crippen LogP contribution is -2.36. The fourth-order valence-corrected chi connectivity index (χ4v) is 1.26. The van der Waals surface area contributed by atoms with Crippen molar-refractivity contribution >= 4 is 11.8 Å². The number of carbonyl (C=O) groups excluding carboxylic acids is 2. The molecule has 0 aromatic carbocycles. The molecule has 2 amide bonds. The number of nitrogens with one attached hydrogen (secondary N) is 3. The first-order valence-corrected chi connectivity index (χ1v) is 6.43. The molecule has 3 N–H and O–H groups in total. The van der Waals surface area contributed by atoms with Gasteiger partial charge in [-0.15, -0.1) is 0 Å². The number of ether oxygens (including phenoxy) is 1. The summed E-state index contributed by atoms with van der Waals surface area (Å²) >= 11 is 0. The highest BCUT2D eigenvalue weighted by molar-refractivity contribution is 5.78. The molecule has 0 aromatic heterocycles. The van der Waals surface area contributed by atoms with Gasteiger partial charge in [0.05, 0.1) is 6.54 Å². The van der Waals surface area contributed by atoms with Gasteiger partial charge in [-0.1, -0.05) is 6.92 Å². The molecule has 0 unspecified atom stereocenters. The number of carbonyl (C=O) groups is 2. The highest BCUT2D eigenvalue weighted by Crippen LogP contribution is 1.80. The molecule has 0 aliphatic rings. The van der Waals surface area contributed by atoms with Crippen molar-refractivity contribution in [2.24, 2.45) is 0 Å². The number of hydrogen-bond acceptors (Lipinski definition) is 4. The van der Waals surface area contributed by atoms with Crippen LogP contribution in [0.3, 0.4) is 0 Å². The second-order valence-electron chi connectivity index (χ2n) is 3.97. The molecule has 0 atom stereocenters. The van der Waals surface area contributed by atoms with Crippen molar-refractivity contribution < 1.29 is 14.3 Å². The maximum atomic E-state index is 11.3. The zero-order valence-corrected chi connectivity index (χ0v) is 11.4. The summed E-state index contributed by atoms with van der Waals surface area (Å²) in [6, 6.07) is 0. The van der Waals surface area contributed by atoms with E-state index in [1.807, 2.05) is 6.92 Å². The van der Waals surface area contributed by atoms with E-state index in [1.165, 1.54) is 0 Å². The molecule has 0 radical (unpaired) electrons. The summed E-state index contributed by atoms with van der Waals surface area (Å²) in [6.07, 6.45) is 2.14. The average Bonchev–Trinajstić information content (AvgIpc) is 2.37. The monoisotopic (exact) mass is 259 g/mol. The summed E-state index contributed by atoms with van der Waals surface area (Å²) in [5.41, 5.74) is 0. The van der Waals surface area contributed by atoms with Crippen molar-refractivity contribution in [3.8, 4) is 0 Å². The van der Waals surface area contributed by atoms with Crippen LogP contribution in [0.1, 0.15) is 26.2 Å². The van der Waals surface area contributed by atoms with Crippen LogP contribution in [0.5, 0.6) is 0 Å². The second kappa shape index (κ2) is 12.3. The smallest absolute Gasteiger partial charge is 0.233 e. The minimum absolute atomic E-state index is 0.0184. The Morgan fingerprint density at radius 2 is 1.78 bits per heavy atom. The van der Waals surface area contributed by atoms with Crippen LogP contribution in [-0.4, -0.2) is 51.7 Å². The Bertz CT molecular complexity index is 235. The van der Waals surface area contributed by atoms with Crippen molar-refractivity contribution in [3.05, 3.63) is 0 Å². The van der Waals surface area contributed by atoms with Gasteiger partial charge in [0, 0.05) is 39.8 Å². The van der Waals surface area contributed by atoms with E-state index < -0.39 is 0 Å². The third kappa shape index (κ3) is 11.3. The number of rotatable bonds is 11. The molecule has 0 aromatic rings. The quantitative estimate of drug-likeness (QED) is 0.443. The highest BCUT2D eigenvalue weighted by Gasteiger charge is 2.02. The molecular weight excluding hydrogens is 234 g/mol. The van der Waals surface area contributed by atoms with Crippen molar-refractivity contribution in [1.82, 2.24) is 16.0 Å². The SMILES string of the molecule is CCCNC(=O)CCNCC(=O)NCCCOC. The summed E-state index contributed by atoms with van der Waals surface area (Å²) in [7, 11) is 1.63. The molecule has 6 nitrogen and oxygen atoms in total. The van der Waals surface area contributed by atoms with Gasteiger partial charge in [-0.3, -0.25) is 9.59 Å². The Morgan fingerprint density at radius 1 is 1.06 bits per heavy atom. The molecule has 0 aliphatic heterocycles. The number of hydrogen-bond donors (Lipinski definition) is 3. The van der Waals surface area contributed by atoms with E-state index in [9.17, 15) is 9.59 Å². The zero-order chi connectivity index (χ0) is 13.6. The van der Waals surface area contributed by atoms with Crippen LogP contribution in [0.15, 0.2) is 0 Å². The fraction of sp³-hybridized carbons (Fsp3) is 0.833. The van der Waals surface area contributed by atoms with E-state index in [-0.39, 0.29) is 18.4 Å². The Labute approximate surface area is 109 Å². The Hall–Kier alpha value is -1.14. The first kappa shape index (κ1) is 16.9. The largest absolute Gasteiger partial charge is 0.385 e. The molecular formula is C12H25N3O3. The summed E-state index contributed by atoms with van der Waals surface area (Å²) in [5, 5.41) is 8.46. The Balaban J connectivity index is 3.31. The normalized spacial score (nSPS) is 10.1. The molecule has 0 bridgehead atoms. The van der Waals surface area contributed by atoms with Gasteiger partial charge in [-0.05, 0) is 12.8 Å². The van der Waals surface area contributed by atoms with E-state index in [0.29, 0.717) is 32.7 Å². The van der Waals surface area contributed by atoms with Gasteiger partial charge in [0.1, 0.15) is 0 Å². The third-order valence-corrected chi connectivity index (χ3v) is 2.23. The van der Waals surface area contributed by atoms with Crippen molar-refractivity contribution in [2.75, 3.05) is 39.9 Å². The molecule has 0 saturated heterocycles. The number of amides is 2. The van der Waals surface area contributed by atoms with E-state index >= 15 is 0 Å². The van der Waals surface area contributed by atoms with Crippen LogP contribution in [0.4, 0.5) is 0 Å². The standard InChI is InChI=1S/C12H25N3O3/c1-3-6-14-11(16)5-8-13-10-12(17)15-7-4-9-18-2/h13H,3-10H2,1-2H3,(H,14,16)(H,15,17). The van der Waals surface area contributed by atoms with Crippen LogP contribution in [0.25, 0.3) is 0 Å². The first-order chi connectivity index (χ1) is 8.70. The minimum Gasteiger partial charge on any atom is -0.385 e. The molecule has 6 heteroatoms. The first-order valence-electron chi connectivity index (χ1n) is 6.43. The van der Waals surface area contributed by atoms with Crippen LogP contribution in [-0.2, 0) is 14.3 Å². The Kier molecular flexibility index (Phi) is 11.5. The maximum Gasteiger partial charge on any atom is 0.233 e. The van der Waals surface area contributed by atoms with Crippen LogP contribution in [0, 0.1) is 0 Å². The number of methoxy groups -OCH3 is 1. The maximum absolute atomic E-state index is 11.3. The molecule has 0 rings (SSSR count). The third-order valence-electron chi connectivity index (χ3n) is 2.23. The van der Waals surface area contributed by atoms with E-state index in [2.05, 4.69) is 16.0 Å². The van der Waals surface area contributed by atoms with Crippen molar-refractivity contribution in [3.63, 3.8) is 0 Å². The summed E-state index contributed by atoms with van der Waals surface area (Å²) in [6.45, 7) is 4.73. The molecule has 18 heavy (non-hydrogen) atoms. The zero-order valence-electron chi connectivity index (χ0n) is 11.4. The van der Waals surface area contributed by atoms with Crippen molar-refractivity contribution in [2.45, 2.75) is 26.2 Å². The molecule has 0 aliphatic carbocycles. The summed E-state index contributed by atoms with van der Waals surface area (Å²) in [5.74, 6) is -0.0371. The van der Waals surface area contributed by atoms with E-state index in [0.717, 1.165) is 12.8 Å². The van der Waals surface area contributed by atoms with Gasteiger partial charge in [0.2, 0.25) is 11.8 Å². The van der Waals surface area contributed by atoms with E-state index in [4.69, 9.17) is 4.74 Å².